The molecule has 2 aliphatic heterocycles. The molecule has 9 heteroatoms. The number of piperazine rings is 1. The Balaban J connectivity index is 1.10. The van der Waals surface area contributed by atoms with E-state index < -0.39 is 0 Å². The van der Waals surface area contributed by atoms with Gasteiger partial charge >= 0.3 is 0 Å². The number of rotatable bonds is 8. The first-order valence-electron chi connectivity index (χ1n) is 14.1. The molecule has 4 aromatic rings. The lowest BCUT2D eigenvalue weighted by atomic mass is 10.1. The van der Waals surface area contributed by atoms with Crippen molar-refractivity contribution in [1.29, 1.82) is 0 Å². The maximum absolute atomic E-state index is 13.3. The number of amides is 1. The number of nitrogens with zero attached hydrogens (tertiary/aromatic N) is 4. The molecule has 41 heavy (non-hydrogen) atoms. The van der Waals surface area contributed by atoms with Gasteiger partial charge < -0.3 is 24.6 Å². The van der Waals surface area contributed by atoms with Crippen molar-refractivity contribution in [2.45, 2.75) is 0 Å². The lowest BCUT2D eigenvalue weighted by Crippen LogP contribution is -2.46. The molecule has 0 unspecified atom stereocenters. The SMILES string of the molecule is O=C(Nc1ccc(OCCN2CCOCC2)c2ccccc12)c1cccc(N2CCN(c3ccc(F)cc3)CC2)n1. The van der Waals surface area contributed by atoms with Crippen LogP contribution in [0.4, 0.5) is 21.6 Å². The normalized spacial score (nSPS) is 16.1. The standard InChI is InChI=1S/C32H34FN5O3/c33-24-8-10-25(11-9-24)37-14-16-38(17-15-37)31-7-3-6-29(34-31)32(39)35-28-12-13-30(27-5-2-1-4-26(27)28)41-23-20-36-18-21-40-22-19-36/h1-13H,14-23H2,(H,35,39). The Kier molecular flexibility index (Phi) is 8.25. The number of morpholine rings is 1. The highest BCUT2D eigenvalue weighted by atomic mass is 19.1. The summed E-state index contributed by atoms with van der Waals surface area (Å²) in [6, 6.07) is 23.9. The molecule has 0 bridgehead atoms. The van der Waals surface area contributed by atoms with Gasteiger partial charge in [0.15, 0.2) is 0 Å². The summed E-state index contributed by atoms with van der Waals surface area (Å²) in [6.07, 6.45) is 0. The van der Waals surface area contributed by atoms with Gasteiger partial charge in [-0.05, 0) is 48.5 Å². The molecule has 0 spiro atoms. The molecule has 6 rings (SSSR count). The minimum atomic E-state index is -0.261. The predicted octanol–water partition coefficient (Wildman–Crippen LogP) is 4.66. The first kappa shape index (κ1) is 27.0. The fourth-order valence-corrected chi connectivity index (χ4v) is 5.37. The number of carbonyl (C=O) groups excluding carboxylic acids is 1. The summed E-state index contributed by atoms with van der Waals surface area (Å²) in [4.78, 5) is 24.7. The van der Waals surface area contributed by atoms with Crippen molar-refractivity contribution in [3.05, 3.63) is 90.4 Å². The van der Waals surface area contributed by atoms with E-state index in [1.54, 1.807) is 6.07 Å². The van der Waals surface area contributed by atoms with Gasteiger partial charge in [0.25, 0.3) is 5.91 Å². The molecule has 2 aliphatic rings. The van der Waals surface area contributed by atoms with Gasteiger partial charge in [-0.25, -0.2) is 9.37 Å². The first-order valence-corrected chi connectivity index (χ1v) is 14.1. The van der Waals surface area contributed by atoms with E-state index in [2.05, 4.69) is 20.0 Å². The third kappa shape index (κ3) is 6.42. The van der Waals surface area contributed by atoms with Gasteiger partial charge in [0, 0.05) is 68.0 Å². The molecule has 1 amide bonds. The van der Waals surface area contributed by atoms with Crippen molar-refractivity contribution in [1.82, 2.24) is 9.88 Å². The van der Waals surface area contributed by atoms with E-state index >= 15 is 0 Å². The number of carbonyl (C=O) groups is 1. The summed E-state index contributed by atoms with van der Waals surface area (Å²) in [7, 11) is 0. The Bertz CT molecular complexity index is 1480. The van der Waals surface area contributed by atoms with Gasteiger partial charge in [0.05, 0.1) is 13.2 Å². The largest absolute Gasteiger partial charge is 0.492 e. The van der Waals surface area contributed by atoms with Crippen LogP contribution in [0.5, 0.6) is 5.75 Å². The van der Waals surface area contributed by atoms with E-state index in [0.29, 0.717) is 18.0 Å². The van der Waals surface area contributed by atoms with Crippen molar-refractivity contribution in [2.75, 3.05) is 80.8 Å². The van der Waals surface area contributed by atoms with Crippen LogP contribution in [0.15, 0.2) is 78.9 Å². The highest BCUT2D eigenvalue weighted by Crippen LogP contribution is 2.32. The molecule has 0 saturated carbocycles. The molecule has 2 fully saturated rings. The highest BCUT2D eigenvalue weighted by Gasteiger charge is 2.20. The number of halogens is 1. The van der Waals surface area contributed by atoms with Crippen molar-refractivity contribution in [3.63, 3.8) is 0 Å². The van der Waals surface area contributed by atoms with Crippen LogP contribution in [0, 0.1) is 5.82 Å². The fraction of sp³-hybridized carbons (Fsp3) is 0.312. The zero-order valence-corrected chi connectivity index (χ0v) is 23.0. The lowest BCUT2D eigenvalue weighted by molar-refractivity contribution is 0.0323. The smallest absolute Gasteiger partial charge is 0.274 e. The Hall–Kier alpha value is -4.21. The lowest BCUT2D eigenvalue weighted by Gasteiger charge is -2.36. The summed E-state index contributed by atoms with van der Waals surface area (Å²) in [5.41, 5.74) is 2.08. The third-order valence-electron chi connectivity index (χ3n) is 7.66. The van der Waals surface area contributed by atoms with Gasteiger partial charge in [0.2, 0.25) is 0 Å². The fourth-order valence-electron chi connectivity index (χ4n) is 5.37. The monoisotopic (exact) mass is 555 g/mol. The number of fused-ring (bicyclic) bond motifs is 1. The Morgan fingerprint density at radius 1 is 0.829 bits per heavy atom. The van der Waals surface area contributed by atoms with Crippen LogP contribution in [0.3, 0.4) is 0 Å². The second-order valence-electron chi connectivity index (χ2n) is 10.2. The van der Waals surface area contributed by atoms with E-state index in [1.807, 2.05) is 60.7 Å². The second kappa shape index (κ2) is 12.5. The number of aromatic nitrogens is 1. The molecule has 0 aliphatic carbocycles. The molecule has 3 heterocycles. The number of hydrogen-bond acceptors (Lipinski definition) is 7. The zero-order chi connectivity index (χ0) is 28.0. The molecule has 3 aromatic carbocycles. The van der Waals surface area contributed by atoms with Gasteiger partial charge in [-0.1, -0.05) is 30.3 Å². The number of benzene rings is 3. The molecule has 212 valence electrons. The molecule has 1 aromatic heterocycles. The van der Waals surface area contributed by atoms with Gasteiger partial charge in [-0.15, -0.1) is 0 Å². The van der Waals surface area contributed by atoms with Crippen molar-refractivity contribution in [2.24, 2.45) is 0 Å². The molecule has 8 nitrogen and oxygen atoms in total. The average molecular weight is 556 g/mol. The van der Waals surface area contributed by atoms with Crippen LogP contribution in [0.1, 0.15) is 10.5 Å². The molecular weight excluding hydrogens is 521 g/mol. The summed E-state index contributed by atoms with van der Waals surface area (Å²) in [5, 5.41) is 4.93. The molecule has 0 atom stereocenters. The average Bonchev–Trinajstić information content (AvgIpc) is 3.03. The molecule has 2 saturated heterocycles. The van der Waals surface area contributed by atoms with E-state index in [9.17, 15) is 9.18 Å². The van der Waals surface area contributed by atoms with Crippen LogP contribution >= 0.6 is 0 Å². The zero-order valence-electron chi connectivity index (χ0n) is 23.0. The van der Waals surface area contributed by atoms with Crippen LogP contribution < -0.4 is 19.9 Å². The van der Waals surface area contributed by atoms with Crippen molar-refractivity contribution < 1.29 is 18.7 Å². The number of pyridine rings is 1. The van der Waals surface area contributed by atoms with E-state index in [1.165, 1.54) is 12.1 Å². The minimum Gasteiger partial charge on any atom is -0.492 e. The predicted molar refractivity (Wildman–Crippen MR) is 160 cm³/mol. The van der Waals surface area contributed by atoms with E-state index in [0.717, 1.165) is 87.1 Å². The van der Waals surface area contributed by atoms with Crippen LogP contribution in [-0.2, 0) is 4.74 Å². The summed E-state index contributed by atoms with van der Waals surface area (Å²) >= 11 is 0. The number of ether oxygens (including phenoxy) is 2. The van der Waals surface area contributed by atoms with Gasteiger partial charge in [-0.3, -0.25) is 9.69 Å². The minimum absolute atomic E-state index is 0.233. The van der Waals surface area contributed by atoms with Crippen LogP contribution in [0.2, 0.25) is 0 Å². The quantitative estimate of drug-likeness (QED) is 0.339. The summed E-state index contributed by atoms with van der Waals surface area (Å²) in [5.74, 6) is 1.07. The van der Waals surface area contributed by atoms with Crippen molar-refractivity contribution >= 4 is 33.9 Å². The van der Waals surface area contributed by atoms with Crippen molar-refractivity contribution in [3.8, 4) is 5.75 Å². The van der Waals surface area contributed by atoms with Gasteiger partial charge in [-0.2, -0.15) is 0 Å². The van der Waals surface area contributed by atoms with E-state index in [4.69, 9.17) is 14.5 Å². The topological polar surface area (TPSA) is 70.2 Å². The first-order chi connectivity index (χ1) is 20.1. The number of anilines is 3. The van der Waals surface area contributed by atoms with Crippen LogP contribution in [0.25, 0.3) is 10.8 Å². The molecule has 0 radical (unpaired) electrons. The Labute approximate surface area is 239 Å². The third-order valence-corrected chi connectivity index (χ3v) is 7.66. The number of nitrogens with one attached hydrogen (secondary N) is 1. The Morgan fingerprint density at radius 2 is 1.56 bits per heavy atom. The molecule has 1 N–H and O–H groups in total. The maximum atomic E-state index is 13.3. The van der Waals surface area contributed by atoms with Gasteiger partial charge in [0.1, 0.15) is 29.7 Å². The highest BCUT2D eigenvalue weighted by molar-refractivity contribution is 6.09. The summed E-state index contributed by atoms with van der Waals surface area (Å²) < 4.78 is 24.9. The van der Waals surface area contributed by atoms with E-state index in [-0.39, 0.29) is 11.7 Å². The molecular formula is C32H34FN5O3. The summed E-state index contributed by atoms with van der Waals surface area (Å²) in [6.45, 7) is 7.91. The Morgan fingerprint density at radius 3 is 2.34 bits per heavy atom. The van der Waals surface area contributed by atoms with Crippen LogP contribution in [-0.4, -0.2) is 81.4 Å². The maximum Gasteiger partial charge on any atom is 0.274 e. The second-order valence-corrected chi connectivity index (χ2v) is 10.2. The number of hydrogen-bond donors (Lipinski definition) is 1.